The number of nitrogens with zero attached hydrogens (tertiary/aromatic N) is 3. The molecule has 3 fully saturated rings. The first-order chi connectivity index (χ1) is 28.5. The summed E-state index contributed by atoms with van der Waals surface area (Å²) in [6.07, 6.45) is 3.64. The Morgan fingerprint density at radius 3 is 2.43 bits per heavy atom. The van der Waals surface area contributed by atoms with Crippen LogP contribution in [0.2, 0.25) is 0 Å². The molecular weight excluding hydrogens is 804 g/mol. The predicted octanol–water partition coefficient (Wildman–Crippen LogP) is 7.23. The minimum atomic E-state index is -4.21. The van der Waals surface area contributed by atoms with E-state index in [-0.39, 0.29) is 36.8 Å². The fourth-order valence-electron chi connectivity index (χ4n) is 8.19. The van der Waals surface area contributed by atoms with Crippen LogP contribution in [0.4, 0.5) is 9.93 Å². The first kappa shape index (κ1) is 43.1. The Morgan fingerprint density at radius 1 is 1.05 bits per heavy atom. The zero-order valence-electron chi connectivity index (χ0n) is 35.0. The molecule has 320 valence electrons. The third-order valence-electron chi connectivity index (χ3n) is 11.5. The number of anilines is 1. The number of aromatic nitrogens is 2. The molecule has 3 heterocycles. The molecule has 0 spiro atoms. The third kappa shape index (κ3) is 8.89. The average Bonchev–Trinajstić information content (AvgIpc) is 3.61. The SMILES string of the molecule is C=C[C@@H]1C[C@]1(NC(=O)[C@@H]1C[C@@H](Oc2cc(-c3csc(NC(C)C)n3)nc3cc(OC)ccc23)CN1C(=O)C(NC(=O)OC1CCCC1)C(C)(C)C)P(=O)(O)c1ccccc1. The lowest BCUT2D eigenvalue weighted by molar-refractivity contribution is -0.142. The van der Waals surface area contributed by atoms with Gasteiger partial charge in [-0.05, 0) is 75.6 Å². The van der Waals surface area contributed by atoms with Crippen LogP contribution in [0.1, 0.15) is 73.1 Å². The van der Waals surface area contributed by atoms with Gasteiger partial charge in [-0.2, -0.15) is 0 Å². The van der Waals surface area contributed by atoms with Crippen LogP contribution in [0.5, 0.6) is 11.5 Å². The number of thiazole rings is 1. The Kier molecular flexibility index (Phi) is 12.3. The van der Waals surface area contributed by atoms with Crippen molar-refractivity contribution in [1.29, 1.82) is 0 Å². The van der Waals surface area contributed by atoms with Gasteiger partial charge in [0.2, 0.25) is 11.8 Å². The second-order valence-electron chi connectivity index (χ2n) is 17.3. The van der Waals surface area contributed by atoms with Crippen LogP contribution in [0, 0.1) is 11.3 Å². The van der Waals surface area contributed by atoms with Gasteiger partial charge in [-0.1, -0.05) is 45.0 Å². The molecular formula is C44H55N6O8PS. The van der Waals surface area contributed by atoms with E-state index in [4.69, 9.17) is 24.2 Å². The number of hydrogen-bond acceptors (Lipinski definition) is 11. The van der Waals surface area contributed by atoms with E-state index in [1.54, 1.807) is 61.7 Å². The van der Waals surface area contributed by atoms with Crippen LogP contribution in [0.15, 0.2) is 72.6 Å². The van der Waals surface area contributed by atoms with Crippen molar-refractivity contribution in [3.05, 3.63) is 72.6 Å². The molecule has 2 saturated carbocycles. The van der Waals surface area contributed by atoms with Crippen molar-refractivity contribution in [2.75, 3.05) is 19.0 Å². The van der Waals surface area contributed by atoms with Gasteiger partial charge in [-0.25, -0.2) is 14.8 Å². The van der Waals surface area contributed by atoms with E-state index in [1.165, 1.54) is 16.2 Å². The number of likely N-dealkylation sites (tertiary alicyclic amines) is 1. The first-order valence-corrected chi connectivity index (χ1v) is 23.1. The van der Waals surface area contributed by atoms with Gasteiger partial charge in [0.15, 0.2) is 5.13 Å². The molecule has 1 aliphatic heterocycles. The van der Waals surface area contributed by atoms with Gasteiger partial charge in [0, 0.05) is 46.6 Å². The fourth-order valence-corrected chi connectivity index (χ4v) is 11.3. The van der Waals surface area contributed by atoms with E-state index in [1.807, 2.05) is 46.1 Å². The van der Waals surface area contributed by atoms with E-state index in [2.05, 4.69) is 22.5 Å². The maximum atomic E-state index is 14.9. The number of carbonyl (C=O) groups excluding carboxylic acids is 3. The van der Waals surface area contributed by atoms with E-state index in [0.717, 1.165) is 30.8 Å². The van der Waals surface area contributed by atoms with Gasteiger partial charge in [0.25, 0.3) is 7.37 Å². The smallest absolute Gasteiger partial charge is 0.408 e. The van der Waals surface area contributed by atoms with Crippen molar-refractivity contribution < 1.29 is 38.1 Å². The normalized spacial score (nSPS) is 23.1. The molecule has 2 aliphatic carbocycles. The number of ether oxygens (including phenoxy) is 3. The molecule has 4 N–H and O–H groups in total. The van der Waals surface area contributed by atoms with Gasteiger partial charge < -0.3 is 40.0 Å². The lowest BCUT2D eigenvalue weighted by Crippen LogP contribution is -2.58. The predicted molar refractivity (Wildman–Crippen MR) is 233 cm³/mol. The molecule has 2 aromatic heterocycles. The van der Waals surface area contributed by atoms with Crippen molar-refractivity contribution in [3.8, 4) is 22.9 Å². The number of benzene rings is 2. The molecule has 6 atom stereocenters. The number of carbonyl (C=O) groups is 3. The van der Waals surface area contributed by atoms with E-state index >= 15 is 0 Å². The Hall–Kier alpha value is -4.98. The maximum absolute atomic E-state index is 14.9. The lowest BCUT2D eigenvalue weighted by Gasteiger charge is -2.36. The summed E-state index contributed by atoms with van der Waals surface area (Å²) in [4.78, 5) is 65.6. The number of hydrogen-bond donors (Lipinski definition) is 4. The molecule has 7 rings (SSSR count). The molecule has 2 unspecified atom stereocenters. The second-order valence-corrected chi connectivity index (χ2v) is 20.7. The summed E-state index contributed by atoms with van der Waals surface area (Å²) in [7, 11) is -2.63. The molecule has 1 saturated heterocycles. The van der Waals surface area contributed by atoms with E-state index < -0.39 is 60.1 Å². The van der Waals surface area contributed by atoms with Gasteiger partial charge in [-0.15, -0.1) is 17.9 Å². The zero-order chi connectivity index (χ0) is 43.0. The highest BCUT2D eigenvalue weighted by Crippen LogP contribution is 2.68. The van der Waals surface area contributed by atoms with Crippen LogP contribution in [0.25, 0.3) is 22.3 Å². The van der Waals surface area contributed by atoms with Gasteiger partial charge in [0.1, 0.15) is 46.8 Å². The van der Waals surface area contributed by atoms with Crippen molar-refractivity contribution in [1.82, 2.24) is 25.5 Å². The molecule has 16 heteroatoms. The standard InChI is InChI=1S/C44H55N6O8PS/c1-8-27-23-44(27,59(54,55)31-16-10-9-11-17-31)49-39(51)36-21-30(24-50(36)40(52)38(43(4,5)6)48-42(53)58-28-14-12-13-15-28)57-37-22-34(35-25-60-41(47-35)45-26(2)3)46-33-20-29(56-7)18-19-32(33)37/h8-11,16-20,22,25-28,30,36,38H,1,12-15,21,23-24H2,2-7H3,(H,45,47)(H,48,53)(H,49,51)(H,54,55)/t27-,30-,36+,38?,44+/m1/s1. The summed E-state index contributed by atoms with van der Waals surface area (Å²) in [5, 5.41) is 11.1. The average molecular weight is 859 g/mol. The van der Waals surface area contributed by atoms with Crippen LogP contribution < -0.4 is 30.7 Å². The fraction of sp³-hybridized carbons (Fsp3) is 0.477. The number of methoxy groups -OCH3 is 1. The Bertz CT molecular complexity index is 2290. The van der Waals surface area contributed by atoms with Gasteiger partial charge >= 0.3 is 6.09 Å². The van der Waals surface area contributed by atoms with Crippen molar-refractivity contribution in [2.45, 2.75) is 109 Å². The molecule has 0 bridgehead atoms. The summed E-state index contributed by atoms with van der Waals surface area (Å²) >= 11 is 1.46. The van der Waals surface area contributed by atoms with Crippen molar-refractivity contribution >= 4 is 58.0 Å². The lowest BCUT2D eigenvalue weighted by atomic mass is 9.85. The van der Waals surface area contributed by atoms with E-state index in [0.29, 0.717) is 33.8 Å². The largest absolute Gasteiger partial charge is 0.497 e. The molecule has 4 aromatic rings. The first-order valence-electron chi connectivity index (χ1n) is 20.5. The number of pyridine rings is 1. The number of rotatable bonds is 14. The summed E-state index contributed by atoms with van der Waals surface area (Å²) in [6, 6.07) is 13.5. The minimum absolute atomic E-state index is 0.0231. The number of nitrogens with one attached hydrogen (secondary N) is 3. The maximum Gasteiger partial charge on any atom is 0.408 e. The number of fused-ring (bicyclic) bond motifs is 1. The highest BCUT2D eigenvalue weighted by atomic mass is 32.1. The van der Waals surface area contributed by atoms with Gasteiger partial charge in [-0.3, -0.25) is 14.2 Å². The molecule has 60 heavy (non-hydrogen) atoms. The Labute approximate surface area is 354 Å². The molecule has 3 amide bonds. The number of alkyl carbamates (subject to hydrolysis) is 1. The Balaban J connectivity index is 1.23. The van der Waals surface area contributed by atoms with Gasteiger partial charge in [0.05, 0.1) is 24.9 Å². The van der Waals surface area contributed by atoms with Crippen molar-refractivity contribution in [2.24, 2.45) is 11.3 Å². The van der Waals surface area contributed by atoms with Crippen LogP contribution in [-0.4, -0.2) is 86.9 Å². The number of amides is 3. The third-order valence-corrected chi connectivity index (χ3v) is 15.0. The zero-order valence-corrected chi connectivity index (χ0v) is 36.7. The summed E-state index contributed by atoms with van der Waals surface area (Å²) in [6.45, 7) is 13.4. The molecule has 0 radical (unpaired) electrons. The molecule has 14 nitrogen and oxygen atoms in total. The molecule has 2 aromatic carbocycles. The highest BCUT2D eigenvalue weighted by molar-refractivity contribution is 7.68. The quantitative estimate of drug-likeness (QED) is 0.0742. The summed E-state index contributed by atoms with van der Waals surface area (Å²) < 4.78 is 32.3. The van der Waals surface area contributed by atoms with Crippen LogP contribution in [0.3, 0.4) is 0 Å². The van der Waals surface area contributed by atoms with Crippen molar-refractivity contribution in [3.63, 3.8) is 0 Å². The van der Waals surface area contributed by atoms with Crippen LogP contribution in [-0.2, 0) is 18.9 Å². The summed E-state index contributed by atoms with van der Waals surface area (Å²) in [5.41, 5.74) is 0.997. The van der Waals surface area contributed by atoms with E-state index in [9.17, 15) is 23.8 Å². The monoisotopic (exact) mass is 858 g/mol. The second kappa shape index (κ2) is 17.2. The Morgan fingerprint density at radius 2 is 1.78 bits per heavy atom. The molecule has 3 aliphatic rings. The highest BCUT2D eigenvalue weighted by Gasteiger charge is 2.66. The topological polar surface area (TPSA) is 181 Å². The van der Waals surface area contributed by atoms with Crippen LogP contribution >= 0.6 is 18.7 Å². The summed E-state index contributed by atoms with van der Waals surface area (Å²) in [5.74, 6) is -0.533. The minimum Gasteiger partial charge on any atom is -0.497 e.